The summed E-state index contributed by atoms with van der Waals surface area (Å²) in [4.78, 5) is 0.0408. The topological polar surface area (TPSA) is 92.4 Å². The third-order valence-electron chi connectivity index (χ3n) is 2.54. The molecule has 1 aromatic carbocycles. The van der Waals surface area contributed by atoms with E-state index < -0.39 is 10.0 Å². The van der Waals surface area contributed by atoms with Crippen molar-refractivity contribution in [3.8, 4) is 0 Å². The van der Waals surface area contributed by atoms with Crippen LogP contribution < -0.4 is 10.5 Å². The quantitative estimate of drug-likeness (QED) is 0.727. The molecular formula is C11H18N2O3S. The first-order chi connectivity index (χ1) is 7.86. The molecule has 1 unspecified atom stereocenters. The number of para-hydroxylation sites is 1. The molecule has 0 bridgehead atoms. The zero-order valence-electron chi connectivity index (χ0n) is 9.92. The highest BCUT2D eigenvalue weighted by Crippen LogP contribution is 2.21. The van der Waals surface area contributed by atoms with Crippen LogP contribution in [0.4, 0.5) is 5.69 Å². The Morgan fingerprint density at radius 1 is 1.35 bits per heavy atom. The second-order valence-corrected chi connectivity index (χ2v) is 5.75. The Bertz CT molecular complexity index is 471. The van der Waals surface area contributed by atoms with Crippen LogP contribution in [0.3, 0.4) is 0 Å². The van der Waals surface area contributed by atoms with Crippen LogP contribution in [0, 0.1) is 5.92 Å². The lowest BCUT2D eigenvalue weighted by Crippen LogP contribution is -2.30. The van der Waals surface area contributed by atoms with Gasteiger partial charge in [-0.25, -0.2) is 13.6 Å². The molecule has 0 saturated carbocycles. The molecule has 5 nitrogen and oxygen atoms in total. The molecular weight excluding hydrogens is 240 g/mol. The van der Waals surface area contributed by atoms with Gasteiger partial charge in [0.25, 0.3) is 0 Å². The normalized spacial score (nSPS) is 13.7. The second-order valence-electron chi connectivity index (χ2n) is 4.22. The highest BCUT2D eigenvalue weighted by molar-refractivity contribution is 7.89. The summed E-state index contributed by atoms with van der Waals surface area (Å²) in [6.07, 6.45) is 0. The van der Waals surface area contributed by atoms with Crippen molar-refractivity contribution in [2.75, 3.05) is 11.9 Å². The van der Waals surface area contributed by atoms with Gasteiger partial charge < -0.3 is 10.4 Å². The minimum Gasteiger partial charge on any atom is -0.394 e. The summed E-state index contributed by atoms with van der Waals surface area (Å²) in [6, 6.07) is 6.18. The van der Waals surface area contributed by atoms with Crippen molar-refractivity contribution in [2.45, 2.75) is 24.8 Å². The first-order valence-electron chi connectivity index (χ1n) is 5.35. The van der Waals surface area contributed by atoms with Crippen molar-refractivity contribution in [1.29, 1.82) is 0 Å². The average Bonchev–Trinajstić information content (AvgIpc) is 2.24. The number of nitrogens with one attached hydrogen (secondary N) is 1. The Morgan fingerprint density at radius 3 is 2.41 bits per heavy atom. The van der Waals surface area contributed by atoms with Crippen LogP contribution in [0.25, 0.3) is 0 Å². The highest BCUT2D eigenvalue weighted by Gasteiger charge is 2.17. The maximum Gasteiger partial charge on any atom is 0.240 e. The summed E-state index contributed by atoms with van der Waals surface area (Å²) >= 11 is 0. The molecule has 0 aliphatic rings. The second kappa shape index (κ2) is 5.48. The van der Waals surface area contributed by atoms with Gasteiger partial charge >= 0.3 is 0 Å². The number of hydrogen-bond acceptors (Lipinski definition) is 4. The van der Waals surface area contributed by atoms with Gasteiger partial charge in [-0.2, -0.15) is 0 Å². The number of sulfonamides is 1. The van der Waals surface area contributed by atoms with Gasteiger partial charge in [0.2, 0.25) is 10.0 Å². The molecule has 6 heteroatoms. The molecule has 1 aromatic rings. The Balaban J connectivity index is 3.07. The van der Waals surface area contributed by atoms with Gasteiger partial charge in [-0.15, -0.1) is 0 Å². The Kier molecular flexibility index (Phi) is 4.50. The van der Waals surface area contributed by atoms with E-state index in [9.17, 15) is 13.5 Å². The smallest absolute Gasteiger partial charge is 0.240 e. The molecule has 0 radical (unpaired) electrons. The van der Waals surface area contributed by atoms with Gasteiger partial charge in [-0.1, -0.05) is 26.0 Å². The van der Waals surface area contributed by atoms with Crippen molar-refractivity contribution < 1.29 is 13.5 Å². The zero-order chi connectivity index (χ0) is 13.1. The predicted octanol–water partition coefficient (Wildman–Crippen LogP) is 0.763. The number of anilines is 1. The lowest BCUT2D eigenvalue weighted by atomic mass is 10.1. The number of nitrogens with two attached hydrogens (primary N) is 1. The summed E-state index contributed by atoms with van der Waals surface area (Å²) < 4.78 is 22.7. The van der Waals surface area contributed by atoms with Crippen LogP contribution in [0.1, 0.15) is 13.8 Å². The molecule has 1 rings (SSSR count). The van der Waals surface area contributed by atoms with Crippen LogP contribution in [-0.4, -0.2) is 26.2 Å². The van der Waals surface area contributed by atoms with Gasteiger partial charge in [0, 0.05) is 0 Å². The minimum absolute atomic E-state index is 0.0408. The number of rotatable bonds is 5. The third-order valence-corrected chi connectivity index (χ3v) is 3.50. The number of primary sulfonamides is 1. The highest BCUT2D eigenvalue weighted by atomic mass is 32.2. The van der Waals surface area contributed by atoms with Crippen LogP contribution in [0.5, 0.6) is 0 Å². The lowest BCUT2D eigenvalue weighted by molar-refractivity contribution is 0.249. The molecule has 96 valence electrons. The fraction of sp³-hybridized carbons (Fsp3) is 0.455. The van der Waals surface area contributed by atoms with E-state index in [1.165, 1.54) is 6.07 Å². The SMILES string of the molecule is CC(C)C(CO)Nc1ccccc1S(N)(=O)=O. The summed E-state index contributed by atoms with van der Waals surface area (Å²) in [7, 11) is -3.76. The number of aliphatic hydroxyl groups excluding tert-OH is 1. The molecule has 0 spiro atoms. The maximum atomic E-state index is 11.4. The molecule has 0 saturated heterocycles. The monoisotopic (exact) mass is 258 g/mol. The molecule has 0 amide bonds. The Hall–Kier alpha value is -1.11. The largest absolute Gasteiger partial charge is 0.394 e. The molecule has 0 aliphatic carbocycles. The Labute approximate surface area is 102 Å². The van der Waals surface area contributed by atoms with E-state index in [0.717, 1.165) is 0 Å². The van der Waals surface area contributed by atoms with Crippen molar-refractivity contribution in [2.24, 2.45) is 11.1 Å². The van der Waals surface area contributed by atoms with Gasteiger partial charge in [-0.3, -0.25) is 0 Å². The fourth-order valence-corrected chi connectivity index (χ4v) is 2.16. The van der Waals surface area contributed by atoms with Crippen LogP contribution in [0.2, 0.25) is 0 Å². The molecule has 0 fully saturated rings. The van der Waals surface area contributed by atoms with E-state index in [0.29, 0.717) is 5.69 Å². The maximum absolute atomic E-state index is 11.4. The number of hydrogen-bond donors (Lipinski definition) is 3. The number of aliphatic hydroxyl groups is 1. The van der Waals surface area contributed by atoms with Crippen LogP contribution >= 0.6 is 0 Å². The van der Waals surface area contributed by atoms with Gasteiger partial charge in [0.05, 0.1) is 18.3 Å². The zero-order valence-corrected chi connectivity index (χ0v) is 10.7. The molecule has 17 heavy (non-hydrogen) atoms. The van der Waals surface area contributed by atoms with Crippen molar-refractivity contribution in [3.05, 3.63) is 24.3 Å². The first-order valence-corrected chi connectivity index (χ1v) is 6.90. The van der Waals surface area contributed by atoms with E-state index in [-0.39, 0.29) is 23.5 Å². The van der Waals surface area contributed by atoms with Crippen LogP contribution in [0.15, 0.2) is 29.2 Å². The fourth-order valence-electron chi connectivity index (χ4n) is 1.46. The molecule has 1 atom stereocenters. The third kappa shape index (κ3) is 3.69. The van der Waals surface area contributed by atoms with Crippen molar-refractivity contribution in [3.63, 3.8) is 0 Å². The van der Waals surface area contributed by atoms with Gasteiger partial charge in [0.15, 0.2) is 0 Å². The van der Waals surface area contributed by atoms with Crippen LogP contribution in [-0.2, 0) is 10.0 Å². The molecule has 4 N–H and O–H groups in total. The number of benzene rings is 1. The summed E-state index contributed by atoms with van der Waals surface area (Å²) in [5.41, 5.74) is 0.419. The molecule has 0 heterocycles. The van der Waals surface area contributed by atoms with E-state index in [4.69, 9.17) is 5.14 Å². The standard InChI is InChI=1S/C11H18N2O3S/c1-8(2)10(7-14)13-9-5-3-4-6-11(9)17(12,15)16/h3-6,8,10,13-14H,7H2,1-2H3,(H2,12,15,16). The molecule has 0 aliphatic heterocycles. The predicted molar refractivity (Wildman–Crippen MR) is 67.1 cm³/mol. The summed E-state index contributed by atoms with van der Waals surface area (Å²) in [5, 5.41) is 17.3. The molecule has 0 aromatic heterocycles. The van der Waals surface area contributed by atoms with E-state index in [1.807, 2.05) is 13.8 Å². The summed E-state index contributed by atoms with van der Waals surface area (Å²) in [5.74, 6) is 0.175. The van der Waals surface area contributed by atoms with Gasteiger partial charge in [-0.05, 0) is 18.1 Å². The Morgan fingerprint density at radius 2 is 1.94 bits per heavy atom. The van der Waals surface area contributed by atoms with E-state index in [2.05, 4.69) is 5.32 Å². The van der Waals surface area contributed by atoms with Crippen molar-refractivity contribution in [1.82, 2.24) is 0 Å². The minimum atomic E-state index is -3.76. The van der Waals surface area contributed by atoms with E-state index >= 15 is 0 Å². The van der Waals surface area contributed by atoms with Gasteiger partial charge in [0.1, 0.15) is 4.90 Å². The average molecular weight is 258 g/mol. The van der Waals surface area contributed by atoms with Crippen molar-refractivity contribution >= 4 is 15.7 Å². The lowest BCUT2D eigenvalue weighted by Gasteiger charge is -2.22. The summed E-state index contributed by atoms with van der Waals surface area (Å²) in [6.45, 7) is 3.80. The first kappa shape index (κ1) is 14.0. The van der Waals surface area contributed by atoms with E-state index in [1.54, 1.807) is 18.2 Å².